The highest BCUT2D eigenvalue weighted by atomic mass is 32.2. The maximum Gasteiger partial charge on any atom is 0.410 e. The molecule has 5 nitrogen and oxygen atoms in total. The van der Waals surface area contributed by atoms with Gasteiger partial charge in [0.25, 0.3) is 0 Å². The van der Waals surface area contributed by atoms with Gasteiger partial charge >= 0.3 is 6.09 Å². The molecule has 0 saturated carbocycles. The van der Waals surface area contributed by atoms with Crippen LogP contribution in [0.2, 0.25) is 0 Å². The van der Waals surface area contributed by atoms with Crippen LogP contribution in [-0.4, -0.2) is 33.8 Å². The van der Waals surface area contributed by atoms with Crippen LogP contribution in [0.3, 0.4) is 0 Å². The first kappa shape index (κ1) is 14.8. The fourth-order valence-corrected chi connectivity index (χ4v) is 2.72. The number of fused-ring (bicyclic) bond motifs is 1. The van der Waals surface area contributed by atoms with Gasteiger partial charge in [-0.2, -0.15) is 0 Å². The van der Waals surface area contributed by atoms with Crippen molar-refractivity contribution in [1.29, 1.82) is 0 Å². The summed E-state index contributed by atoms with van der Waals surface area (Å²) < 4.78 is 5.37. The number of nitrogens with zero attached hydrogens (tertiary/aromatic N) is 3. The van der Waals surface area contributed by atoms with Crippen LogP contribution >= 0.6 is 11.8 Å². The lowest BCUT2D eigenvalue weighted by molar-refractivity contribution is 0.0914. The minimum absolute atomic E-state index is 0.288. The second-order valence-corrected chi connectivity index (χ2v) is 5.81. The Morgan fingerprint density at radius 2 is 2.18 bits per heavy atom. The number of hydrogen-bond acceptors (Lipinski definition) is 5. The van der Waals surface area contributed by atoms with Crippen molar-refractivity contribution in [1.82, 2.24) is 14.9 Å². The van der Waals surface area contributed by atoms with Crippen LogP contribution in [0.15, 0.2) is 41.7 Å². The molecule has 1 aliphatic rings. The summed E-state index contributed by atoms with van der Waals surface area (Å²) in [5.41, 5.74) is 3.02. The molecule has 1 aromatic heterocycles. The SMILES string of the molecule is CSc1ncc2c(n1)CCN(C(=O)OCc1ccccc1)C2. The second kappa shape index (κ2) is 6.79. The Hall–Kier alpha value is -2.08. The van der Waals surface area contributed by atoms with Gasteiger partial charge < -0.3 is 9.64 Å². The van der Waals surface area contributed by atoms with Crippen molar-refractivity contribution in [2.45, 2.75) is 24.7 Å². The molecule has 0 aliphatic carbocycles. The molecule has 6 heteroatoms. The van der Waals surface area contributed by atoms with Crippen LogP contribution in [0, 0.1) is 0 Å². The quantitative estimate of drug-likeness (QED) is 0.644. The summed E-state index contributed by atoms with van der Waals surface area (Å²) in [6.45, 7) is 1.44. The largest absolute Gasteiger partial charge is 0.445 e. The van der Waals surface area contributed by atoms with E-state index in [0.717, 1.165) is 28.4 Å². The molecule has 1 aromatic carbocycles. The summed E-state index contributed by atoms with van der Waals surface area (Å²) in [5.74, 6) is 0. The zero-order valence-corrected chi connectivity index (χ0v) is 13.2. The van der Waals surface area contributed by atoms with Gasteiger partial charge in [-0.25, -0.2) is 14.8 Å². The molecule has 0 unspecified atom stereocenters. The van der Waals surface area contributed by atoms with Gasteiger partial charge in [0.15, 0.2) is 5.16 Å². The monoisotopic (exact) mass is 315 g/mol. The maximum atomic E-state index is 12.2. The summed E-state index contributed by atoms with van der Waals surface area (Å²) in [6.07, 6.45) is 4.22. The minimum atomic E-state index is -0.288. The Morgan fingerprint density at radius 1 is 1.36 bits per heavy atom. The van der Waals surface area contributed by atoms with Gasteiger partial charge in [-0.1, -0.05) is 42.1 Å². The van der Waals surface area contributed by atoms with E-state index >= 15 is 0 Å². The number of amides is 1. The zero-order chi connectivity index (χ0) is 15.4. The van der Waals surface area contributed by atoms with Crippen molar-refractivity contribution in [3.8, 4) is 0 Å². The molecule has 0 bridgehead atoms. The molecule has 0 fully saturated rings. The maximum absolute atomic E-state index is 12.2. The van der Waals surface area contributed by atoms with Crippen LogP contribution in [0.5, 0.6) is 0 Å². The number of rotatable bonds is 3. The molecule has 2 heterocycles. The smallest absolute Gasteiger partial charge is 0.410 e. The molecule has 0 N–H and O–H groups in total. The highest BCUT2D eigenvalue weighted by molar-refractivity contribution is 7.98. The number of hydrogen-bond donors (Lipinski definition) is 0. The van der Waals surface area contributed by atoms with Crippen LogP contribution < -0.4 is 0 Å². The summed E-state index contributed by atoms with van der Waals surface area (Å²) >= 11 is 1.53. The van der Waals surface area contributed by atoms with Crippen molar-refractivity contribution in [2.75, 3.05) is 12.8 Å². The highest BCUT2D eigenvalue weighted by Gasteiger charge is 2.23. The van der Waals surface area contributed by atoms with E-state index in [4.69, 9.17) is 4.74 Å². The van der Waals surface area contributed by atoms with Crippen molar-refractivity contribution in [3.05, 3.63) is 53.3 Å². The van der Waals surface area contributed by atoms with Gasteiger partial charge in [0.2, 0.25) is 0 Å². The van der Waals surface area contributed by atoms with E-state index in [1.165, 1.54) is 11.8 Å². The predicted molar refractivity (Wildman–Crippen MR) is 84.6 cm³/mol. The van der Waals surface area contributed by atoms with E-state index in [0.29, 0.717) is 19.7 Å². The summed E-state index contributed by atoms with van der Waals surface area (Å²) in [5, 5.41) is 0.777. The molecule has 22 heavy (non-hydrogen) atoms. The third kappa shape index (κ3) is 3.39. The fourth-order valence-electron chi connectivity index (χ4n) is 2.36. The van der Waals surface area contributed by atoms with Gasteiger partial charge in [-0.3, -0.25) is 0 Å². The van der Waals surface area contributed by atoms with Gasteiger partial charge in [-0.05, 0) is 11.8 Å². The van der Waals surface area contributed by atoms with Crippen LogP contribution in [0.4, 0.5) is 4.79 Å². The molecule has 0 saturated heterocycles. The lowest BCUT2D eigenvalue weighted by Crippen LogP contribution is -2.36. The average Bonchev–Trinajstić information content (AvgIpc) is 2.59. The lowest BCUT2D eigenvalue weighted by atomic mass is 10.1. The van der Waals surface area contributed by atoms with Gasteiger partial charge in [0.1, 0.15) is 6.61 Å². The Balaban J connectivity index is 1.60. The third-order valence-corrected chi connectivity index (χ3v) is 4.12. The van der Waals surface area contributed by atoms with E-state index in [9.17, 15) is 4.79 Å². The summed E-state index contributed by atoms with van der Waals surface area (Å²) in [7, 11) is 0. The normalized spacial score (nSPS) is 13.6. The van der Waals surface area contributed by atoms with Gasteiger partial charge in [0, 0.05) is 24.7 Å². The lowest BCUT2D eigenvalue weighted by Gasteiger charge is -2.27. The van der Waals surface area contributed by atoms with Crippen molar-refractivity contribution in [2.24, 2.45) is 0 Å². The Kier molecular flexibility index (Phi) is 4.58. The molecular weight excluding hydrogens is 298 g/mol. The number of ether oxygens (including phenoxy) is 1. The van der Waals surface area contributed by atoms with E-state index in [1.807, 2.05) is 42.8 Å². The first-order chi connectivity index (χ1) is 10.8. The van der Waals surface area contributed by atoms with Crippen molar-refractivity contribution < 1.29 is 9.53 Å². The first-order valence-corrected chi connectivity index (χ1v) is 8.33. The number of benzene rings is 1. The number of thioether (sulfide) groups is 1. The van der Waals surface area contributed by atoms with Crippen molar-refractivity contribution in [3.63, 3.8) is 0 Å². The standard InChI is InChI=1S/C16H17N3O2S/c1-22-15-17-9-13-10-19(8-7-14(13)18-15)16(20)21-11-12-5-3-2-4-6-12/h2-6,9H,7-8,10-11H2,1H3. The Morgan fingerprint density at radius 3 is 2.95 bits per heavy atom. The fraction of sp³-hybridized carbons (Fsp3) is 0.312. The molecule has 114 valence electrons. The van der Waals surface area contributed by atoms with Gasteiger partial charge in [-0.15, -0.1) is 0 Å². The predicted octanol–water partition coefficient (Wildman–Crippen LogP) is 2.89. The van der Waals surface area contributed by atoms with Crippen LogP contribution in [-0.2, 0) is 24.3 Å². The summed E-state index contributed by atoms with van der Waals surface area (Å²) in [4.78, 5) is 22.6. The molecule has 1 amide bonds. The second-order valence-electron chi connectivity index (χ2n) is 5.04. The number of aromatic nitrogens is 2. The molecular formula is C16H17N3O2S. The van der Waals surface area contributed by atoms with E-state index in [1.54, 1.807) is 4.90 Å². The van der Waals surface area contributed by atoms with Gasteiger partial charge in [0.05, 0.1) is 12.2 Å². The molecule has 0 spiro atoms. The molecule has 2 aromatic rings. The minimum Gasteiger partial charge on any atom is -0.445 e. The zero-order valence-electron chi connectivity index (χ0n) is 12.4. The number of carbonyl (C=O) groups excluding carboxylic acids is 1. The summed E-state index contributed by atoms with van der Waals surface area (Å²) in [6, 6.07) is 9.69. The molecule has 3 rings (SSSR count). The molecule has 0 radical (unpaired) electrons. The number of carbonyl (C=O) groups is 1. The average molecular weight is 315 g/mol. The van der Waals surface area contributed by atoms with E-state index in [2.05, 4.69) is 9.97 Å². The molecule has 0 atom stereocenters. The topological polar surface area (TPSA) is 55.3 Å². The molecule has 1 aliphatic heterocycles. The Labute approximate surface area is 133 Å². The highest BCUT2D eigenvalue weighted by Crippen LogP contribution is 2.19. The third-order valence-electron chi connectivity index (χ3n) is 3.56. The van der Waals surface area contributed by atoms with Crippen LogP contribution in [0.1, 0.15) is 16.8 Å². The van der Waals surface area contributed by atoms with E-state index in [-0.39, 0.29) is 6.09 Å². The van der Waals surface area contributed by atoms with E-state index < -0.39 is 0 Å². The van der Waals surface area contributed by atoms with Crippen molar-refractivity contribution >= 4 is 17.9 Å². The first-order valence-electron chi connectivity index (χ1n) is 7.10. The van der Waals surface area contributed by atoms with Crippen LogP contribution in [0.25, 0.3) is 0 Å². The Bertz CT molecular complexity index is 664.